The van der Waals surface area contributed by atoms with Crippen LogP contribution in [0.15, 0.2) is 55.4 Å². The van der Waals surface area contributed by atoms with Gasteiger partial charge >= 0.3 is 0 Å². The molecule has 0 amide bonds. The largest absolute Gasteiger partial charge is 0.268 e. The average Bonchev–Trinajstić information content (AvgIpc) is 2.78. The number of nitrogens with zero attached hydrogens (tertiary/aromatic N) is 2. The van der Waals surface area contributed by atoms with Gasteiger partial charge in [0.2, 0.25) is 0 Å². The Balaban J connectivity index is 1.97. The molecule has 0 aliphatic carbocycles. The zero-order valence-electron chi connectivity index (χ0n) is 9.08. The first-order valence-corrected chi connectivity index (χ1v) is 5.25. The van der Waals surface area contributed by atoms with Gasteiger partial charge in [-0.15, -0.1) is 0 Å². The van der Waals surface area contributed by atoms with Crippen molar-refractivity contribution in [3.8, 4) is 0 Å². The van der Waals surface area contributed by atoms with E-state index in [0.717, 1.165) is 12.1 Å². The van der Waals surface area contributed by atoms with E-state index in [4.69, 9.17) is 0 Å². The molecule has 0 fully saturated rings. The fraction of sp³-hybridized carbons (Fsp3) is 0.0714. The maximum atomic E-state index is 4.21. The summed E-state index contributed by atoms with van der Waals surface area (Å²) in [6.07, 6.45) is 9.76. The Hall–Kier alpha value is -2.09. The van der Waals surface area contributed by atoms with Crippen LogP contribution < -0.4 is 0 Å². The number of allylic oxidation sites excluding steroid dienone is 1. The number of aromatic nitrogens is 2. The lowest BCUT2D eigenvalue weighted by molar-refractivity contribution is 0.703. The van der Waals surface area contributed by atoms with Crippen molar-refractivity contribution in [2.24, 2.45) is 0 Å². The Kier molecular flexibility index (Phi) is 3.34. The maximum Gasteiger partial charge on any atom is 0.0593 e. The smallest absolute Gasteiger partial charge is 0.0593 e. The molecule has 0 bridgehead atoms. The van der Waals surface area contributed by atoms with Gasteiger partial charge in [-0.25, -0.2) is 0 Å². The molecule has 16 heavy (non-hydrogen) atoms. The number of hydrogen-bond donors (Lipinski definition) is 0. The minimum Gasteiger partial charge on any atom is -0.268 e. The lowest BCUT2D eigenvalue weighted by Gasteiger charge is -1.94. The van der Waals surface area contributed by atoms with Gasteiger partial charge in [0.15, 0.2) is 0 Å². The van der Waals surface area contributed by atoms with Crippen LogP contribution in [-0.2, 0) is 6.54 Å². The van der Waals surface area contributed by atoms with E-state index in [1.54, 1.807) is 6.08 Å². The van der Waals surface area contributed by atoms with Crippen LogP contribution in [0.5, 0.6) is 0 Å². The third-order valence-corrected chi connectivity index (χ3v) is 2.29. The van der Waals surface area contributed by atoms with E-state index < -0.39 is 0 Å². The molecule has 1 heterocycles. The van der Waals surface area contributed by atoms with Gasteiger partial charge in [-0.1, -0.05) is 55.1 Å². The molecule has 0 saturated heterocycles. The molecule has 0 atom stereocenters. The molecule has 80 valence electrons. The fourth-order valence-electron chi connectivity index (χ4n) is 1.45. The molecular weight excluding hydrogens is 196 g/mol. The molecule has 2 heteroatoms. The summed E-state index contributed by atoms with van der Waals surface area (Å²) in [7, 11) is 0. The lowest BCUT2D eigenvalue weighted by atomic mass is 10.2. The van der Waals surface area contributed by atoms with Gasteiger partial charge in [-0.2, -0.15) is 5.10 Å². The molecule has 1 aromatic heterocycles. The molecule has 1 aromatic carbocycles. The average molecular weight is 210 g/mol. The highest BCUT2D eigenvalue weighted by atomic mass is 15.3. The zero-order valence-corrected chi connectivity index (χ0v) is 9.08. The van der Waals surface area contributed by atoms with Crippen molar-refractivity contribution in [3.05, 3.63) is 66.5 Å². The molecular formula is C14H14N2. The van der Waals surface area contributed by atoms with E-state index in [1.807, 2.05) is 35.3 Å². The molecule has 2 rings (SSSR count). The number of benzene rings is 1. The van der Waals surface area contributed by atoms with Crippen LogP contribution in [0.4, 0.5) is 0 Å². The molecule has 0 aliphatic rings. The maximum absolute atomic E-state index is 4.21. The Labute approximate surface area is 95.5 Å². The van der Waals surface area contributed by atoms with Crippen LogP contribution in [0.25, 0.3) is 12.2 Å². The summed E-state index contributed by atoms with van der Waals surface area (Å²) >= 11 is 0. The van der Waals surface area contributed by atoms with Gasteiger partial charge in [0.1, 0.15) is 0 Å². The van der Waals surface area contributed by atoms with Crippen molar-refractivity contribution in [2.45, 2.75) is 6.54 Å². The summed E-state index contributed by atoms with van der Waals surface area (Å²) in [5.74, 6) is 0. The Bertz CT molecular complexity index is 480. The normalized spacial score (nSPS) is 10.8. The van der Waals surface area contributed by atoms with E-state index in [9.17, 15) is 0 Å². The van der Waals surface area contributed by atoms with E-state index >= 15 is 0 Å². The third-order valence-electron chi connectivity index (χ3n) is 2.29. The van der Waals surface area contributed by atoms with Crippen molar-refractivity contribution in [1.82, 2.24) is 9.78 Å². The first-order valence-electron chi connectivity index (χ1n) is 5.25. The van der Waals surface area contributed by atoms with Gasteiger partial charge in [0, 0.05) is 11.8 Å². The van der Waals surface area contributed by atoms with Gasteiger partial charge in [0.05, 0.1) is 12.7 Å². The lowest BCUT2D eigenvalue weighted by Crippen LogP contribution is -1.94. The zero-order chi connectivity index (χ0) is 11.2. The molecule has 2 aromatic rings. The van der Waals surface area contributed by atoms with E-state index in [1.165, 1.54) is 5.56 Å². The molecule has 0 N–H and O–H groups in total. The molecule has 0 unspecified atom stereocenters. The summed E-state index contributed by atoms with van der Waals surface area (Å²) in [6.45, 7) is 4.48. The molecule has 2 nitrogen and oxygen atoms in total. The minimum absolute atomic E-state index is 0.780. The summed E-state index contributed by atoms with van der Waals surface area (Å²) in [6, 6.07) is 10.2. The highest BCUT2D eigenvalue weighted by Crippen LogP contribution is 2.02. The van der Waals surface area contributed by atoms with E-state index in [-0.39, 0.29) is 0 Å². The topological polar surface area (TPSA) is 17.8 Å². The van der Waals surface area contributed by atoms with Crippen LogP contribution in [0.2, 0.25) is 0 Å². The molecule has 0 spiro atoms. The van der Waals surface area contributed by atoms with E-state index in [2.05, 4.69) is 36.0 Å². The van der Waals surface area contributed by atoms with Crippen LogP contribution in [0.1, 0.15) is 11.1 Å². The summed E-state index contributed by atoms with van der Waals surface area (Å²) in [5, 5.41) is 4.21. The van der Waals surface area contributed by atoms with Gasteiger partial charge < -0.3 is 0 Å². The molecule has 0 aliphatic heterocycles. The van der Waals surface area contributed by atoms with Crippen molar-refractivity contribution < 1.29 is 0 Å². The van der Waals surface area contributed by atoms with Gasteiger partial charge in [-0.05, 0) is 5.56 Å². The SMILES string of the molecule is C=Cc1cnn(C/C=C/c2ccccc2)c1. The first-order chi connectivity index (χ1) is 7.88. The first kappa shape index (κ1) is 10.4. The van der Waals surface area contributed by atoms with Crippen molar-refractivity contribution >= 4 is 12.2 Å². The van der Waals surface area contributed by atoms with Crippen LogP contribution in [-0.4, -0.2) is 9.78 Å². The Morgan fingerprint density at radius 1 is 1.19 bits per heavy atom. The second-order valence-corrected chi connectivity index (χ2v) is 3.51. The van der Waals surface area contributed by atoms with Crippen molar-refractivity contribution in [1.29, 1.82) is 0 Å². The Morgan fingerprint density at radius 2 is 2.00 bits per heavy atom. The van der Waals surface area contributed by atoms with Gasteiger partial charge in [-0.3, -0.25) is 4.68 Å². The van der Waals surface area contributed by atoms with Crippen LogP contribution in [0.3, 0.4) is 0 Å². The second-order valence-electron chi connectivity index (χ2n) is 3.51. The van der Waals surface area contributed by atoms with Crippen molar-refractivity contribution in [2.75, 3.05) is 0 Å². The third kappa shape index (κ3) is 2.70. The molecule has 0 saturated carbocycles. The summed E-state index contributed by atoms with van der Waals surface area (Å²) < 4.78 is 1.89. The van der Waals surface area contributed by atoms with E-state index in [0.29, 0.717) is 0 Å². The van der Waals surface area contributed by atoms with Crippen LogP contribution >= 0.6 is 0 Å². The second kappa shape index (κ2) is 5.12. The van der Waals surface area contributed by atoms with Crippen molar-refractivity contribution in [3.63, 3.8) is 0 Å². The van der Waals surface area contributed by atoms with Gasteiger partial charge in [0.25, 0.3) is 0 Å². The fourth-order valence-corrected chi connectivity index (χ4v) is 1.45. The van der Waals surface area contributed by atoms with Crippen LogP contribution in [0, 0.1) is 0 Å². The number of hydrogen-bond acceptors (Lipinski definition) is 1. The Morgan fingerprint density at radius 3 is 2.69 bits per heavy atom. The quantitative estimate of drug-likeness (QED) is 0.757. The monoisotopic (exact) mass is 210 g/mol. The predicted octanol–water partition coefficient (Wildman–Crippen LogP) is 3.24. The highest BCUT2D eigenvalue weighted by molar-refractivity contribution is 5.48. The number of rotatable bonds is 4. The predicted molar refractivity (Wildman–Crippen MR) is 67.8 cm³/mol. The summed E-state index contributed by atoms with van der Waals surface area (Å²) in [5.41, 5.74) is 2.26. The standard InChI is InChI=1S/C14H14N2/c1-2-13-11-15-16(12-13)10-6-9-14-7-4-3-5-8-14/h2-9,11-12H,1,10H2/b9-6+. The summed E-state index contributed by atoms with van der Waals surface area (Å²) in [4.78, 5) is 0. The molecule has 0 radical (unpaired) electrons. The highest BCUT2D eigenvalue weighted by Gasteiger charge is 1.91. The minimum atomic E-state index is 0.780.